The van der Waals surface area contributed by atoms with E-state index in [0.717, 1.165) is 4.47 Å². The number of hydrogen-bond acceptors (Lipinski definition) is 3. The van der Waals surface area contributed by atoms with Crippen molar-refractivity contribution in [2.75, 3.05) is 13.1 Å². The minimum absolute atomic E-state index is 0.0284. The van der Waals surface area contributed by atoms with Crippen LogP contribution >= 0.6 is 27.5 Å². The fraction of sp³-hybridized carbons (Fsp3) is 0.200. The Kier molecular flexibility index (Phi) is 4.12. The maximum atomic E-state index is 12.2. The molecule has 1 aliphatic rings. The molecule has 1 aromatic carbocycles. The summed E-state index contributed by atoms with van der Waals surface area (Å²) in [6, 6.07) is 10.7. The first-order valence-electron chi connectivity index (χ1n) is 6.45. The Hall–Kier alpha value is -1.59. The molecule has 108 valence electrons. The van der Waals surface area contributed by atoms with Crippen molar-refractivity contribution < 1.29 is 9.53 Å². The number of ether oxygens (including phenoxy) is 1. The lowest BCUT2D eigenvalue weighted by Crippen LogP contribution is -2.56. The molecule has 1 aliphatic heterocycles. The van der Waals surface area contributed by atoms with Crippen molar-refractivity contribution in [1.82, 2.24) is 9.88 Å². The Bertz CT molecular complexity index is 674. The maximum Gasteiger partial charge on any atom is 0.254 e. The molecule has 0 bridgehead atoms. The molecule has 0 spiro atoms. The van der Waals surface area contributed by atoms with Gasteiger partial charge in [0.05, 0.1) is 17.6 Å². The minimum Gasteiger partial charge on any atom is -0.470 e. The largest absolute Gasteiger partial charge is 0.470 e. The van der Waals surface area contributed by atoms with Gasteiger partial charge in [0.15, 0.2) is 0 Å². The van der Waals surface area contributed by atoms with Gasteiger partial charge in [-0.1, -0.05) is 17.7 Å². The summed E-state index contributed by atoms with van der Waals surface area (Å²) in [7, 11) is 0. The Morgan fingerprint density at radius 3 is 2.86 bits per heavy atom. The predicted molar refractivity (Wildman–Crippen MR) is 83.7 cm³/mol. The highest BCUT2D eigenvalue weighted by molar-refractivity contribution is 9.10. The molecule has 1 aromatic heterocycles. The normalized spacial score (nSPS) is 14.7. The topological polar surface area (TPSA) is 42.4 Å². The highest BCUT2D eigenvalue weighted by Crippen LogP contribution is 2.25. The third-order valence-corrected chi connectivity index (χ3v) is 4.05. The lowest BCUT2D eigenvalue weighted by atomic mass is 10.1. The van der Waals surface area contributed by atoms with Crippen LogP contribution in [0.2, 0.25) is 5.02 Å². The van der Waals surface area contributed by atoms with Gasteiger partial charge >= 0.3 is 0 Å². The van der Waals surface area contributed by atoms with Gasteiger partial charge in [-0.2, -0.15) is 0 Å². The van der Waals surface area contributed by atoms with Gasteiger partial charge in [-0.05, 0) is 46.3 Å². The number of benzene rings is 1. The fourth-order valence-electron chi connectivity index (χ4n) is 2.10. The number of aromatic nitrogens is 1. The zero-order valence-electron chi connectivity index (χ0n) is 11.0. The summed E-state index contributed by atoms with van der Waals surface area (Å²) in [6.07, 6.45) is 1.65. The quantitative estimate of drug-likeness (QED) is 0.835. The van der Waals surface area contributed by atoms with E-state index in [9.17, 15) is 4.79 Å². The summed E-state index contributed by atoms with van der Waals surface area (Å²) in [4.78, 5) is 18.1. The third-order valence-electron chi connectivity index (χ3n) is 3.21. The zero-order chi connectivity index (χ0) is 14.8. The molecule has 3 rings (SSSR count). The van der Waals surface area contributed by atoms with Gasteiger partial charge in [0.25, 0.3) is 5.91 Å². The van der Waals surface area contributed by atoms with Gasteiger partial charge in [-0.25, -0.2) is 4.98 Å². The number of hydrogen-bond donors (Lipinski definition) is 0. The van der Waals surface area contributed by atoms with E-state index in [4.69, 9.17) is 16.3 Å². The minimum atomic E-state index is -0.0302. The predicted octanol–water partition coefficient (Wildman–Crippen LogP) is 3.40. The Labute approximate surface area is 135 Å². The molecule has 2 aromatic rings. The second kappa shape index (κ2) is 6.03. The van der Waals surface area contributed by atoms with Crippen LogP contribution in [-0.4, -0.2) is 35.0 Å². The fourth-order valence-corrected chi connectivity index (χ4v) is 2.64. The molecule has 1 fully saturated rings. The molecule has 1 amide bonds. The van der Waals surface area contributed by atoms with E-state index in [1.165, 1.54) is 0 Å². The molecule has 0 atom stereocenters. The average Bonchev–Trinajstić information content (AvgIpc) is 2.43. The van der Waals surface area contributed by atoms with Crippen LogP contribution in [0.5, 0.6) is 5.88 Å². The van der Waals surface area contributed by atoms with Crippen LogP contribution in [0.3, 0.4) is 0 Å². The van der Waals surface area contributed by atoms with Crippen LogP contribution in [0.15, 0.2) is 47.1 Å². The number of amides is 1. The Balaban J connectivity index is 1.58. The molecular formula is C15H12BrClN2O2. The number of nitrogens with zero attached hydrogens (tertiary/aromatic N) is 2. The van der Waals surface area contributed by atoms with Crippen molar-refractivity contribution in [2.45, 2.75) is 6.10 Å². The monoisotopic (exact) mass is 366 g/mol. The van der Waals surface area contributed by atoms with E-state index in [1.807, 2.05) is 12.1 Å². The van der Waals surface area contributed by atoms with Gasteiger partial charge in [-0.3, -0.25) is 4.79 Å². The van der Waals surface area contributed by atoms with Crippen molar-refractivity contribution in [3.05, 3.63) is 57.7 Å². The molecule has 2 heterocycles. The van der Waals surface area contributed by atoms with Crippen molar-refractivity contribution in [3.63, 3.8) is 0 Å². The second-order valence-corrected chi connectivity index (χ2v) is 6.04. The summed E-state index contributed by atoms with van der Waals surface area (Å²) in [6.45, 7) is 1.10. The molecule has 0 aliphatic carbocycles. The summed E-state index contributed by atoms with van der Waals surface area (Å²) >= 11 is 9.28. The Morgan fingerprint density at radius 1 is 1.33 bits per heavy atom. The zero-order valence-corrected chi connectivity index (χ0v) is 13.3. The van der Waals surface area contributed by atoms with Crippen LogP contribution in [0.4, 0.5) is 0 Å². The number of rotatable bonds is 3. The molecule has 21 heavy (non-hydrogen) atoms. The number of pyridine rings is 1. The van der Waals surface area contributed by atoms with E-state index in [-0.39, 0.29) is 12.0 Å². The molecule has 4 nitrogen and oxygen atoms in total. The van der Waals surface area contributed by atoms with E-state index >= 15 is 0 Å². The van der Waals surface area contributed by atoms with Gasteiger partial charge in [-0.15, -0.1) is 0 Å². The molecule has 0 unspecified atom stereocenters. The van der Waals surface area contributed by atoms with Crippen molar-refractivity contribution in [3.8, 4) is 5.88 Å². The molecular weight excluding hydrogens is 356 g/mol. The molecule has 1 saturated heterocycles. The molecule has 0 N–H and O–H groups in total. The SMILES string of the molecule is O=C(c1cccc(Cl)c1)N1CC(Oc2ncccc2Br)C1. The molecule has 0 radical (unpaired) electrons. The Morgan fingerprint density at radius 2 is 2.14 bits per heavy atom. The van der Waals surface area contributed by atoms with Crippen LogP contribution < -0.4 is 4.74 Å². The second-order valence-electron chi connectivity index (χ2n) is 4.75. The standard InChI is InChI=1S/C15H12BrClN2O2/c16-13-5-2-6-18-14(13)21-12-8-19(9-12)15(20)10-3-1-4-11(17)7-10/h1-7,12H,8-9H2. The highest BCUT2D eigenvalue weighted by atomic mass is 79.9. The third kappa shape index (κ3) is 3.19. The van der Waals surface area contributed by atoms with Crippen molar-refractivity contribution in [1.29, 1.82) is 0 Å². The van der Waals surface area contributed by atoms with Gasteiger partial charge in [0.1, 0.15) is 6.10 Å². The molecule has 6 heteroatoms. The summed E-state index contributed by atoms with van der Waals surface area (Å²) in [5, 5.41) is 0.562. The first-order chi connectivity index (χ1) is 10.1. The van der Waals surface area contributed by atoms with Crippen molar-refractivity contribution >= 4 is 33.4 Å². The van der Waals surface area contributed by atoms with Crippen LogP contribution in [0.25, 0.3) is 0 Å². The number of halogens is 2. The van der Waals surface area contributed by atoms with E-state index in [2.05, 4.69) is 20.9 Å². The smallest absolute Gasteiger partial charge is 0.254 e. The van der Waals surface area contributed by atoms with Crippen LogP contribution in [-0.2, 0) is 0 Å². The van der Waals surface area contributed by atoms with E-state index in [1.54, 1.807) is 35.4 Å². The number of likely N-dealkylation sites (tertiary alicyclic amines) is 1. The van der Waals surface area contributed by atoms with Crippen LogP contribution in [0, 0.1) is 0 Å². The van der Waals surface area contributed by atoms with Gasteiger partial charge < -0.3 is 9.64 Å². The lowest BCUT2D eigenvalue weighted by molar-refractivity contribution is 0.0157. The maximum absolute atomic E-state index is 12.2. The lowest BCUT2D eigenvalue weighted by Gasteiger charge is -2.38. The first kappa shape index (κ1) is 14.4. The van der Waals surface area contributed by atoms with E-state index < -0.39 is 0 Å². The molecule has 0 saturated carbocycles. The van der Waals surface area contributed by atoms with Crippen molar-refractivity contribution in [2.24, 2.45) is 0 Å². The number of carbonyl (C=O) groups is 1. The van der Waals surface area contributed by atoms with Crippen LogP contribution in [0.1, 0.15) is 10.4 Å². The highest BCUT2D eigenvalue weighted by Gasteiger charge is 2.33. The van der Waals surface area contributed by atoms with E-state index in [0.29, 0.717) is 29.6 Å². The first-order valence-corrected chi connectivity index (χ1v) is 7.62. The average molecular weight is 368 g/mol. The van der Waals surface area contributed by atoms with Gasteiger partial charge in [0, 0.05) is 16.8 Å². The summed E-state index contributed by atoms with van der Waals surface area (Å²) in [5.74, 6) is 0.523. The summed E-state index contributed by atoms with van der Waals surface area (Å²) < 4.78 is 6.55. The number of carbonyl (C=O) groups excluding carboxylic acids is 1. The van der Waals surface area contributed by atoms with Gasteiger partial charge in [0.2, 0.25) is 5.88 Å². The summed E-state index contributed by atoms with van der Waals surface area (Å²) in [5.41, 5.74) is 0.597.